The van der Waals surface area contributed by atoms with E-state index in [9.17, 15) is 23.6 Å². The maximum Gasteiger partial charge on any atom is 0.335 e. The van der Waals surface area contributed by atoms with Crippen molar-refractivity contribution in [3.05, 3.63) is 88.7 Å². The molecule has 188 valence electrons. The Morgan fingerprint density at radius 3 is 2.41 bits per heavy atom. The van der Waals surface area contributed by atoms with Gasteiger partial charge in [-0.1, -0.05) is 17.7 Å². The van der Waals surface area contributed by atoms with Gasteiger partial charge in [0.2, 0.25) is 0 Å². The fraction of sp³-hybridized carbons (Fsp3) is 0.0769. The molecule has 0 aromatic heterocycles. The Labute approximate surface area is 215 Å². The predicted molar refractivity (Wildman–Crippen MR) is 134 cm³/mol. The molecular formula is C26H19ClFN3O6. The Balaban J connectivity index is 1.50. The Hall–Kier alpha value is -4.70. The van der Waals surface area contributed by atoms with Crippen molar-refractivity contribution < 1.29 is 33.0 Å². The molecule has 0 atom stereocenters. The first-order valence-electron chi connectivity index (χ1n) is 10.8. The van der Waals surface area contributed by atoms with Crippen LogP contribution in [-0.2, 0) is 14.4 Å². The monoisotopic (exact) mass is 523 g/mol. The smallest absolute Gasteiger partial charge is 0.335 e. The number of hydrogen-bond acceptors (Lipinski definition) is 6. The minimum absolute atomic E-state index is 0.233. The topological polar surface area (TPSA) is 114 Å². The van der Waals surface area contributed by atoms with E-state index in [1.807, 2.05) is 0 Å². The number of carbonyl (C=O) groups excluding carboxylic acids is 4. The van der Waals surface area contributed by atoms with Crippen molar-refractivity contribution >= 4 is 52.8 Å². The highest BCUT2D eigenvalue weighted by molar-refractivity contribution is 6.39. The third-order valence-electron chi connectivity index (χ3n) is 5.17. The fourth-order valence-electron chi connectivity index (χ4n) is 3.42. The van der Waals surface area contributed by atoms with Crippen molar-refractivity contribution in [1.82, 2.24) is 5.32 Å². The van der Waals surface area contributed by atoms with Gasteiger partial charge in [-0.2, -0.15) is 0 Å². The van der Waals surface area contributed by atoms with Gasteiger partial charge in [0.1, 0.15) is 11.4 Å². The maximum absolute atomic E-state index is 13.0. The number of urea groups is 1. The number of rotatable bonds is 7. The van der Waals surface area contributed by atoms with E-state index < -0.39 is 29.6 Å². The van der Waals surface area contributed by atoms with Gasteiger partial charge < -0.3 is 14.8 Å². The predicted octanol–water partition coefficient (Wildman–Crippen LogP) is 4.17. The third kappa shape index (κ3) is 5.93. The number of carbonyl (C=O) groups is 4. The SMILES string of the molecule is COc1cc(/C=C2\C(=O)NC(=O)N(c3ccc(Cl)cc3)C2=O)ccc1OCC(=O)Nc1ccc(F)cc1. The normalized spacial score (nSPS) is 14.4. The summed E-state index contributed by atoms with van der Waals surface area (Å²) in [6.45, 7) is -0.354. The van der Waals surface area contributed by atoms with Crippen molar-refractivity contribution in [3.8, 4) is 11.5 Å². The third-order valence-corrected chi connectivity index (χ3v) is 5.42. The first-order valence-corrected chi connectivity index (χ1v) is 11.2. The summed E-state index contributed by atoms with van der Waals surface area (Å²) in [4.78, 5) is 50.8. The largest absolute Gasteiger partial charge is 0.493 e. The second-order valence-corrected chi connectivity index (χ2v) is 8.12. The molecule has 11 heteroatoms. The van der Waals surface area contributed by atoms with Gasteiger partial charge in [-0.15, -0.1) is 0 Å². The van der Waals surface area contributed by atoms with Crippen molar-refractivity contribution in [3.63, 3.8) is 0 Å². The van der Waals surface area contributed by atoms with Crippen LogP contribution < -0.4 is 25.0 Å². The number of amides is 5. The number of halogens is 2. The molecule has 0 saturated carbocycles. The summed E-state index contributed by atoms with van der Waals surface area (Å²) in [5.74, 6) is -2.10. The van der Waals surface area contributed by atoms with Crippen LogP contribution in [0, 0.1) is 5.82 Å². The van der Waals surface area contributed by atoms with E-state index in [-0.39, 0.29) is 29.4 Å². The van der Waals surface area contributed by atoms with E-state index in [2.05, 4.69) is 10.6 Å². The van der Waals surface area contributed by atoms with Crippen molar-refractivity contribution in [2.75, 3.05) is 23.9 Å². The van der Waals surface area contributed by atoms with E-state index in [4.69, 9.17) is 21.1 Å². The molecule has 4 rings (SSSR count). The zero-order chi connectivity index (χ0) is 26.5. The lowest BCUT2D eigenvalue weighted by Crippen LogP contribution is -2.54. The molecule has 3 aromatic carbocycles. The molecular weight excluding hydrogens is 505 g/mol. The highest BCUT2D eigenvalue weighted by Crippen LogP contribution is 2.30. The van der Waals surface area contributed by atoms with E-state index in [0.717, 1.165) is 4.90 Å². The number of nitrogens with zero attached hydrogens (tertiary/aromatic N) is 1. The molecule has 0 radical (unpaired) electrons. The second kappa shape index (κ2) is 10.9. The van der Waals surface area contributed by atoms with Gasteiger partial charge in [-0.05, 0) is 72.3 Å². The minimum Gasteiger partial charge on any atom is -0.493 e. The molecule has 5 amide bonds. The molecule has 0 bridgehead atoms. The standard InChI is InChI=1S/C26H19ClFN3O6/c1-36-22-13-15(2-11-21(22)37-14-23(32)29-18-7-5-17(28)6-8-18)12-20-24(33)30-26(35)31(25(20)34)19-9-3-16(27)4-10-19/h2-13H,14H2,1H3,(H,29,32)(H,30,33,35)/b20-12+. The van der Waals surface area contributed by atoms with Crippen LogP contribution in [0.4, 0.5) is 20.6 Å². The van der Waals surface area contributed by atoms with Crippen LogP contribution >= 0.6 is 11.6 Å². The molecule has 1 fully saturated rings. The van der Waals surface area contributed by atoms with Crippen molar-refractivity contribution in [1.29, 1.82) is 0 Å². The van der Waals surface area contributed by atoms with Crippen LogP contribution in [0.25, 0.3) is 6.08 Å². The molecule has 0 aliphatic carbocycles. The molecule has 2 N–H and O–H groups in total. The van der Waals surface area contributed by atoms with Crippen LogP contribution in [0.3, 0.4) is 0 Å². The van der Waals surface area contributed by atoms with Gasteiger partial charge in [0.15, 0.2) is 18.1 Å². The summed E-state index contributed by atoms with van der Waals surface area (Å²) in [6, 6.07) is 14.9. The number of ether oxygens (including phenoxy) is 2. The Morgan fingerprint density at radius 1 is 1.03 bits per heavy atom. The molecule has 1 heterocycles. The number of benzene rings is 3. The molecule has 1 aliphatic rings. The van der Waals surface area contributed by atoms with Crippen LogP contribution in [0.5, 0.6) is 11.5 Å². The molecule has 37 heavy (non-hydrogen) atoms. The first kappa shape index (κ1) is 25.4. The lowest BCUT2D eigenvalue weighted by Gasteiger charge is -2.26. The summed E-state index contributed by atoms with van der Waals surface area (Å²) in [5.41, 5.74) is 0.781. The number of hydrogen-bond donors (Lipinski definition) is 2. The summed E-state index contributed by atoms with van der Waals surface area (Å²) in [5, 5.41) is 5.14. The molecule has 0 spiro atoms. The summed E-state index contributed by atoms with van der Waals surface area (Å²) < 4.78 is 23.9. The van der Waals surface area contributed by atoms with Gasteiger partial charge in [0.05, 0.1) is 12.8 Å². The van der Waals surface area contributed by atoms with Crippen LogP contribution in [0.1, 0.15) is 5.56 Å². The molecule has 0 unspecified atom stereocenters. The molecule has 1 aliphatic heterocycles. The molecule has 1 saturated heterocycles. The van der Waals surface area contributed by atoms with E-state index in [1.54, 1.807) is 6.07 Å². The zero-order valence-corrected chi connectivity index (χ0v) is 20.0. The highest BCUT2D eigenvalue weighted by atomic mass is 35.5. The van der Waals surface area contributed by atoms with Crippen molar-refractivity contribution in [2.24, 2.45) is 0 Å². The van der Waals surface area contributed by atoms with Gasteiger partial charge in [-0.3, -0.25) is 19.7 Å². The average Bonchev–Trinajstić information content (AvgIpc) is 2.88. The first-order chi connectivity index (χ1) is 17.7. The number of imide groups is 2. The average molecular weight is 524 g/mol. The van der Waals surface area contributed by atoms with Crippen molar-refractivity contribution in [2.45, 2.75) is 0 Å². The lowest BCUT2D eigenvalue weighted by atomic mass is 10.1. The Morgan fingerprint density at radius 2 is 1.73 bits per heavy atom. The lowest BCUT2D eigenvalue weighted by molar-refractivity contribution is -0.122. The summed E-state index contributed by atoms with van der Waals surface area (Å²) in [7, 11) is 1.39. The Kier molecular flexibility index (Phi) is 7.49. The molecule has 9 nitrogen and oxygen atoms in total. The highest BCUT2D eigenvalue weighted by Gasteiger charge is 2.36. The number of anilines is 2. The van der Waals surface area contributed by atoms with Gasteiger partial charge in [0.25, 0.3) is 17.7 Å². The van der Waals surface area contributed by atoms with Crippen LogP contribution in [0.15, 0.2) is 72.3 Å². The quantitative estimate of drug-likeness (QED) is 0.355. The van der Waals surface area contributed by atoms with E-state index in [1.165, 1.54) is 73.8 Å². The van der Waals surface area contributed by atoms with Gasteiger partial charge >= 0.3 is 6.03 Å². The van der Waals surface area contributed by atoms with Gasteiger partial charge in [0, 0.05) is 10.7 Å². The summed E-state index contributed by atoms with van der Waals surface area (Å²) in [6.07, 6.45) is 1.31. The number of barbiturate groups is 1. The van der Waals surface area contributed by atoms with Crippen LogP contribution in [-0.4, -0.2) is 37.5 Å². The summed E-state index contributed by atoms with van der Waals surface area (Å²) >= 11 is 5.88. The number of methoxy groups -OCH3 is 1. The fourth-order valence-corrected chi connectivity index (χ4v) is 3.54. The molecule has 3 aromatic rings. The maximum atomic E-state index is 13.0. The Bertz CT molecular complexity index is 1410. The van der Waals surface area contributed by atoms with E-state index in [0.29, 0.717) is 16.3 Å². The van der Waals surface area contributed by atoms with E-state index >= 15 is 0 Å². The number of nitrogens with one attached hydrogen (secondary N) is 2. The minimum atomic E-state index is -0.880. The second-order valence-electron chi connectivity index (χ2n) is 7.69. The van der Waals surface area contributed by atoms with Crippen LogP contribution in [0.2, 0.25) is 5.02 Å². The zero-order valence-electron chi connectivity index (χ0n) is 19.3. The van der Waals surface area contributed by atoms with Gasteiger partial charge in [-0.25, -0.2) is 14.1 Å².